The predicted octanol–water partition coefficient (Wildman–Crippen LogP) is 3.31. The van der Waals surface area contributed by atoms with E-state index >= 15 is 0 Å². The van der Waals surface area contributed by atoms with Crippen LogP contribution in [0.4, 0.5) is 4.39 Å². The third-order valence-electron chi connectivity index (χ3n) is 2.94. The highest BCUT2D eigenvalue weighted by Gasteiger charge is 2.22. The summed E-state index contributed by atoms with van der Waals surface area (Å²) in [5.41, 5.74) is -0.00968. The quantitative estimate of drug-likeness (QED) is 0.857. The van der Waals surface area contributed by atoms with E-state index in [0.717, 1.165) is 5.56 Å². The van der Waals surface area contributed by atoms with Crippen molar-refractivity contribution in [3.63, 3.8) is 0 Å². The average molecular weight is 288 g/mol. The van der Waals surface area contributed by atoms with Gasteiger partial charge in [-0.25, -0.2) is 9.18 Å². The lowest BCUT2D eigenvalue weighted by Crippen LogP contribution is -2.11. The summed E-state index contributed by atoms with van der Waals surface area (Å²) < 4.78 is 19.5. The van der Waals surface area contributed by atoms with E-state index in [1.807, 2.05) is 18.2 Å². The molecule has 0 heterocycles. The Labute approximate surface area is 120 Å². The highest BCUT2D eigenvalue weighted by molar-refractivity contribution is 6.05. The van der Waals surface area contributed by atoms with Gasteiger partial charge in [0.25, 0.3) is 0 Å². The Bertz CT molecular complexity index is 680. The zero-order chi connectivity index (χ0) is 15.4. The Morgan fingerprint density at radius 1 is 1.14 bits per heavy atom. The first-order valence-electron chi connectivity index (χ1n) is 6.24. The average Bonchev–Trinajstić information content (AvgIpc) is 2.46. The first-order chi connectivity index (χ1) is 10.0. The molecule has 0 radical (unpaired) electrons. The highest BCUT2D eigenvalue weighted by atomic mass is 19.1. The fraction of sp³-hybridized carbons (Fsp3) is 0.125. The van der Waals surface area contributed by atoms with Crippen molar-refractivity contribution in [2.45, 2.75) is 13.5 Å². The fourth-order valence-corrected chi connectivity index (χ4v) is 1.91. The minimum Gasteiger partial charge on any atom is -0.486 e. The van der Waals surface area contributed by atoms with Crippen LogP contribution in [0.2, 0.25) is 0 Å². The molecule has 0 bridgehead atoms. The number of aromatic carboxylic acids is 1. The lowest BCUT2D eigenvalue weighted by atomic mass is 10.0. The molecule has 0 amide bonds. The van der Waals surface area contributed by atoms with Crippen LogP contribution >= 0.6 is 0 Å². The molecule has 0 atom stereocenters. The summed E-state index contributed by atoms with van der Waals surface area (Å²) in [5.74, 6) is -3.24. The van der Waals surface area contributed by atoms with Gasteiger partial charge in [-0.1, -0.05) is 30.3 Å². The van der Waals surface area contributed by atoms with Gasteiger partial charge in [-0.15, -0.1) is 0 Å². The van der Waals surface area contributed by atoms with E-state index in [1.165, 1.54) is 19.1 Å². The Hall–Kier alpha value is -2.69. The molecule has 2 aromatic carbocycles. The molecular formula is C16H13FO4. The number of carbonyl (C=O) groups excluding carboxylic acids is 1. The van der Waals surface area contributed by atoms with Crippen LogP contribution in [0, 0.1) is 5.82 Å². The van der Waals surface area contributed by atoms with E-state index in [2.05, 4.69) is 0 Å². The number of halogens is 1. The molecule has 4 nitrogen and oxygen atoms in total. The predicted molar refractivity (Wildman–Crippen MR) is 74.1 cm³/mol. The third-order valence-corrected chi connectivity index (χ3v) is 2.94. The van der Waals surface area contributed by atoms with Gasteiger partial charge in [0.1, 0.15) is 12.2 Å². The van der Waals surface area contributed by atoms with Crippen LogP contribution in [-0.4, -0.2) is 16.9 Å². The van der Waals surface area contributed by atoms with E-state index < -0.39 is 23.1 Å². The number of carbonyl (C=O) groups is 2. The van der Waals surface area contributed by atoms with Crippen LogP contribution in [0.1, 0.15) is 33.2 Å². The summed E-state index contributed by atoms with van der Waals surface area (Å²) in [6, 6.07) is 11.6. The normalized spacial score (nSPS) is 10.2. The van der Waals surface area contributed by atoms with Crippen LogP contribution in [0.3, 0.4) is 0 Å². The van der Waals surface area contributed by atoms with Gasteiger partial charge in [-0.05, 0) is 24.6 Å². The van der Waals surface area contributed by atoms with Crippen molar-refractivity contribution in [3.05, 3.63) is 65.0 Å². The maximum absolute atomic E-state index is 14.2. The molecule has 0 aliphatic heterocycles. The Kier molecular flexibility index (Phi) is 4.33. The smallest absolute Gasteiger partial charge is 0.339 e. The van der Waals surface area contributed by atoms with Gasteiger partial charge in [0.2, 0.25) is 0 Å². The molecule has 2 rings (SSSR count). The molecule has 0 saturated carbocycles. The first-order valence-corrected chi connectivity index (χ1v) is 6.24. The zero-order valence-electron chi connectivity index (χ0n) is 11.3. The number of ketones is 1. The monoisotopic (exact) mass is 288 g/mol. The van der Waals surface area contributed by atoms with Gasteiger partial charge in [0, 0.05) is 5.56 Å². The lowest BCUT2D eigenvalue weighted by Gasteiger charge is -2.11. The van der Waals surface area contributed by atoms with Crippen molar-refractivity contribution in [2.24, 2.45) is 0 Å². The standard InChI is InChI=1S/C16H13FO4/c1-10(18)12-7-8-13(15(17)14(12)16(19)20)21-9-11-5-3-2-4-6-11/h2-8H,9H2,1H3,(H,19,20). The van der Waals surface area contributed by atoms with Gasteiger partial charge >= 0.3 is 5.97 Å². The summed E-state index contributed by atoms with van der Waals surface area (Å²) in [6.45, 7) is 1.29. The number of rotatable bonds is 5. The summed E-state index contributed by atoms with van der Waals surface area (Å²) in [7, 11) is 0. The summed E-state index contributed by atoms with van der Waals surface area (Å²) in [6.07, 6.45) is 0. The number of carboxylic acids is 1. The third kappa shape index (κ3) is 3.25. The van der Waals surface area contributed by atoms with Crippen LogP contribution in [-0.2, 0) is 6.61 Å². The van der Waals surface area contributed by atoms with Crippen LogP contribution < -0.4 is 4.74 Å². The minimum absolute atomic E-state index is 0.107. The van der Waals surface area contributed by atoms with Crippen molar-refractivity contribution >= 4 is 11.8 Å². The van der Waals surface area contributed by atoms with E-state index in [-0.39, 0.29) is 17.9 Å². The van der Waals surface area contributed by atoms with Crippen LogP contribution in [0.25, 0.3) is 0 Å². The Balaban J connectivity index is 2.31. The van der Waals surface area contributed by atoms with Gasteiger partial charge < -0.3 is 9.84 Å². The second-order valence-electron chi connectivity index (χ2n) is 4.44. The molecule has 5 heteroatoms. The zero-order valence-corrected chi connectivity index (χ0v) is 11.3. The van der Waals surface area contributed by atoms with Crippen molar-refractivity contribution in [2.75, 3.05) is 0 Å². The number of ether oxygens (including phenoxy) is 1. The topological polar surface area (TPSA) is 63.6 Å². The van der Waals surface area contributed by atoms with Crippen molar-refractivity contribution < 1.29 is 23.8 Å². The van der Waals surface area contributed by atoms with Crippen molar-refractivity contribution in [1.29, 1.82) is 0 Å². The van der Waals surface area contributed by atoms with Gasteiger partial charge in [0.15, 0.2) is 17.3 Å². The van der Waals surface area contributed by atoms with E-state index in [9.17, 15) is 14.0 Å². The molecule has 2 aromatic rings. The molecular weight excluding hydrogens is 275 g/mol. The number of hydrogen-bond acceptors (Lipinski definition) is 3. The van der Waals surface area contributed by atoms with Crippen molar-refractivity contribution in [3.8, 4) is 5.75 Å². The second kappa shape index (κ2) is 6.17. The van der Waals surface area contributed by atoms with Gasteiger partial charge in [0.05, 0.1) is 0 Å². The highest BCUT2D eigenvalue weighted by Crippen LogP contribution is 2.25. The molecule has 0 aliphatic carbocycles. The molecule has 108 valence electrons. The summed E-state index contributed by atoms with van der Waals surface area (Å²) in [4.78, 5) is 22.5. The molecule has 1 N–H and O–H groups in total. The molecule has 0 aromatic heterocycles. The summed E-state index contributed by atoms with van der Waals surface area (Å²) in [5, 5.41) is 9.06. The maximum Gasteiger partial charge on any atom is 0.339 e. The molecule has 0 fully saturated rings. The first kappa shape index (κ1) is 14.7. The molecule has 0 saturated heterocycles. The Morgan fingerprint density at radius 2 is 1.81 bits per heavy atom. The van der Waals surface area contributed by atoms with Gasteiger partial charge in [-0.2, -0.15) is 0 Å². The fourth-order valence-electron chi connectivity index (χ4n) is 1.91. The van der Waals surface area contributed by atoms with Gasteiger partial charge in [-0.3, -0.25) is 4.79 Å². The lowest BCUT2D eigenvalue weighted by molar-refractivity contribution is 0.0685. The SMILES string of the molecule is CC(=O)c1ccc(OCc2ccccc2)c(F)c1C(=O)O. The van der Waals surface area contributed by atoms with E-state index in [0.29, 0.717) is 0 Å². The molecule has 0 aliphatic rings. The van der Waals surface area contributed by atoms with E-state index in [4.69, 9.17) is 9.84 Å². The molecule has 21 heavy (non-hydrogen) atoms. The number of carboxylic acid groups (broad SMARTS) is 1. The number of Topliss-reactive ketones (excluding diaryl/α,β-unsaturated/α-hetero) is 1. The van der Waals surface area contributed by atoms with E-state index in [1.54, 1.807) is 12.1 Å². The maximum atomic E-state index is 14.2. The van der Waals surface area contributed by atoms with Crippen LogP contribution in [0.5, 0.6) is 5.75 Å². The Morgan fingerprint density at radius 3 is 2.38 bits per heavy atom. The van der Waals surface area contributed by atoms with Crippen molar-refractivity contribution in [1.82, 2.24) is 0 Å². The number of benzene rings is 2. The second-order valence-corrected chi connectivity index (χ2v) is 4.44. The largest absolute Gasteiger partial charge is 0.486 e. The molecule has 0 spiro atoms. The number of hydrogen-bond donors (Lipinski definition) is 1. The molecule has 0 unspecified atom stereocenters. The van der Waals surface area contributed by atoms with Crippen LogP contribution in [0.15, 0.2) is 42.5 Å². The minimum atomic E-state index is -1.50. The summed E-state index contributed by atoms with van der Waals surface area (Å²) >= 11 is 0.